The predicted octanol–water partition coefficient (Wildman–Crippen LogP) is 4.46. The summed E-state index contributed by atoms with van der Waals surface area (Å²) in [5.41, 5.74) is 0.557. The van der Waals surface area contributed by atoms with Gasteiger partial charge in [0.05, 0.1) is 12.6 Å². The van der Waals surface area contributed by atoms with Gasteiger partial charge in [0.15, 0.2) is 17.5 Å². The van der Waals surface area contributed by atoms with Crippen LogP contribution in [0.3, 0.4) is 0 Å². The summed E-state index contributed by atoms with van der Waals surface area (Å²) in [6, 6.07) is 9.30. The van der Waals surface area contributed by atoms with Crippen molar-refractivity contribution in [3.05, 3.63) is 70.5 Å². The Labute approximate surface area is 155 Å². The average molecular weight is 379 g/mol. The van der Waals surface area contributed by atoms with E-state index in [2.05, 4.69) is 0 Å². The largest absolute Gasteiger partial charge is 0.445 e. The first-order chi connectivity index (χ1) is 13.0. The van der Waals surface area contributed by atoms with Crippen LogP contribution in [0.4, 0.5) is 18.0 Å². The van der Waals surface area contributed by atoms with Gasteiger partial charge in [-0.25, -0.2) is 18.0 Å². The molecule has 0 bridgehead atoms. The maximum Gasteiger partial charge on any atom is 0.410 e. The molecule has 0 aromatic heterocycles. The molecule has 1 aliphatic heterocycles. The van der Waals surface area contributed by atoms with E-state index in [4.69, 9.17) is 4.74 Å². The number of ether oxygens (including phenoxy) is 1. The van der Waals surface area contributed by atoms with Gasteiger partial charge in [-0.2, -0.15) is 0 Å². The summed E-state index contributed by atoms with van der Waals surface area (Å²) in [5, 5.41) is 9.46. The minimum Gasteiger partial charge on any atom is -0.445 e. The number of carbonyl (C=O) groups is 1. The van der Waals surface area contributed by atoms with E-state index in [1.165, 1.54) is 4.90 Å². The van der Waals surface area contributed by atoms with Gasteiger partial charge in [-0.05, 0) is 36.5 Å². The second kappa shape index (κ2) is 8.43. The number of amides is 1. The number of aliphatic hydroxyl groups is 1. The highest BCUT2D eigenvalue weighted by Gasteiger charge is 2.33. The van der Waals surface area contributed by atoms with Crippen molar-refractivity contribution in [2.75, 3.05) is 6.54 Å². The lowest BCUT2D eigenvalue weighted by atomic mass is 9.91. The summed E-state index contributed by atoms with van der Waals surface area (Å²) in [5.74, 6) is -4.39. The molecule has 4 nitrogen and oxygen atoms in total. The minimum absolute atomic E-state index is 0.0713. The maximum atomic E-state index is 14.1. The Morgan fingerprint density at radius 2 is 1.89 bits per heavy atom. The molecule has 0 saturated carbocycles. The summed E-state index contributed by atoms with van der Waals surface area (Å²) in [6.45, 7) is -0.368. The van der Waals surface area contributed by atoms with E-state index in [9.17, 15) is 23.1 Å². The molecule has 144 valence electrons. The average Bonchev–Trinajstić information content (AvgIpc) is 2.71. The lowest BCUT2D eigenvalue weighted by Gasteiger charge is -2.36. The van der Waals surface area contributed by atoms with Crippen LogP contribution in [0.1, 0.15) is 42.0 Å². The molecule has 3 rings (SSSR count). The molecular formula is C20H20F3NO3. The number of piperidine rings is 1. The van der Waals surface area contributed by atoms with Gasteiger partial charge in [0, 0.05) is 12.1 Å². The quantitative estimate of drug-likeness (QED) is 0.798. The molecule has 1 amide bonds. The molecule has 2 aromatic carbocycles. The second-order valence-electron chi connectivity index (χ2n) is 6.46. The molecule has 0 unspecified atom stereocenters. The summed E-state index contributed by atoms with van der Waals surface area (Å²) >= 11 is 0. The Kier molecular flexibility index (Phi) is 6.01. The van der Waals surface area contributed by atoms with Crippen LogP contribution in [0.15, 0.2) is 36.4 Å². The molecule has 2 aromatic rings. The molecule has 1 atom stereocenters. The standard InChI is InChI=1S/C20H20F3NO3/c21-16-10-14(15(11-25)18(22)19(16)23)17-8-4-5-9-24(17)20(26)27-12-13-6-2-1-3-7-13/h1-3,6-7,10,17,25H,4-5,8-9,11-12H2/t17-/m1/s1. The number of carbonyl (C=O) groups excluding carboxylic acids is 1. The van der Waals surface area contributed by atoms with Crippen molar-refractivity contribution < 1.29 is 27.8 Å². The Morgan fingerprint density at radius 3 is 2.59 bits per heavy atom. The Morgan fingerprint density at radius 1 is 1.15 bits per heavy atom. The summed E-state index contributed by atoms with van der Waals surface area (Å²) in [6.07, 6.45) is 1.28. The number of aliphatic hydroxyl groups excluding tert-OH is 1. The van der Waals surface area contributed by atoms with Crippen LogP contribution in [0, 0.1) is 17.5 Å². The fraction of sp³-hybridized carbons (Fsp3) is 0.350. The number of benzene rings is 2. The van der Waals surface area contributed by atoms with Gasteiger partial charge in [-0.3, -0.25) is 0 Å². The predicted molar refractivity (Wildman–Crippen MR) is 92.2 cm³/mol. The van der Waals surface area contributed by atoms with E-state index in [-0.39, 0.29) is 17.7 Å². The number of nitrogens with zero attached hydrogens (tertiary/aromatic N) is 1. The third kappa shape index (κ3) is 4.08. The molecule has 27 heavy (non-hydrogen) atoms. The zero-order valence-electron chi connectivity index (χ0n) is 14.6. The highest BCUT2D eigenvalue weighted by Crippen LogP contribution is 2.35. The van der Waals surface area contributed by atoms with Gasteiger partial charge in [-0.1, -0.05) is 30.3 Å². The summed E-state index contributed by atoms with van der Waals surface area (Å²) in [7, 11) is 0. The van der Waals surface area contributed by atoms with Crippen molar-refractivity contribution in [1.29, 1.82) is 0 Å². The third-order valence-electron chi connectivity index (χ3n) is 4.76. The number of likely N-dealkylation sites (tertiary alicyclic amines) is 1. The van der Waals surface area contributed by atoms with Gasteiger partial charge in [-0.15, -0.1) is 0 Å². The number of hydrogen-bond acceptors (Lipinski definition) is 3. The van der Waals surface area contributed by atoms with E-state index in [0.717, 1.165) is 24.5 Å². The van der Waals surface area contributed by atoms with Gasteiger partial charge >= 0.3 is 6.09 Å². The Balaban J connectivity index is 1.84. The van der Waals surface area contributed by atoms with E-state index in [0.29, 0.717) is 13.0 Å². The van der Waals surface area contributed by atoms with E-state index in [1.807, 2.05) is 30.3 Å². The Hall–Kier alpha value is -2.54. The van der Waals surface area contributed by atoms with Crippen LogP contribution in [-0.2, 0) is 18.0 Å². The second-order valence-corrected chi connectivity index (χ2v) is 6.46. The normalized spacial score (nSPS) is 17.0. The van der Waals surface area contributed by atoms with Crippen molar-refractivity contribution in [3.63, 3.8) is 0 Å². The zero-order chi connectivity index (χ0) is 19.4. The molecule has 1 fully saturated rings. The van der Waals surface area contributed by atoms with Crippen molar-refractivity contribution in [3.8, 4) is 0 Å². The van der Waals surface area contributed by atoms with Crippen molar-refractivity contribution >= 4 is 6.09 Å². The molecule has 0 aliphatic carbocycles. The van der Waals surface area contributed by atoms with Crippen LogP contribution >= 0.6 is 0 Å². The van der Waals surface area contributed by atoms with Crippen LogP contribution < -0.4 is 0 Å². The Bertz CT molecular complexity index is 814. The van der Waals surface area contributed by atoms with E-state index < -0.39 is 36.2 Å². The van der Waals surface area contributed by atoms with Crippen LogP contribution in [0.25, 0.3) is 0 Å². The van der Waals surface area contributed by atoms with Gasteiger partial charge < -0.3 is 14.7 Å². The minimum atomic E-state index is -1.63. The van der Waals surface area contributed by atoms with Gasteiger partial charge in [0.1, 0.15) is 6.61 Å². The lowest BCUT2D eigenvalue weighted by Crippen LogP contribution is -2.39. The highest BCUT2D eigenvalue weighted by molar-refractivity contribution is 5.68. The molecule has 1 aliphatic rings. The summed E-state index contributed by atoms with van der Waals surface area (Å²) < 4.78 is 46.7. The van der Waals surface area contributed by atoms with Gasteiger partial charge in [0.25, 0.3) is 0 Å². The zero-order valence-corrected chi connectivity index (χ0v) is 14.6. The van der Waals surface area contributed by atoms with Gasteiger partial charge in [0.2, 0.25) is 0 Å². The molecule has 1 saturated heterocycles. The smallest absolute Gasteiger partial charge is 0.410 e. The maximum absolute atomic E-state index is 14.1. The monoisotopic (exact) mass is 379 g/mol. The lowest BCUT2D eigenvalue weighted by molar-refractivity contribution is 0.0671. The first-order valence-corrected chi connectivity index (χ1v) is 8.77. The van der Waals surface area contributed by atoms with Crippen molar-refractivity contribution in [2.24, 2.45) is 0 Å². The highest BCUT2D eigenvalue weighted by atomic mass is 19.2. The summed E-state index contributed by atoms with van der Waals surface area (Å²) in [4.78, 5) is 14.0. The number of hydrogen-bond donors (Lipinski definition) is 1. The molecule has 1 heterocycles. The fourth-order valence-corrected chi connectivity index (χ4v) is 3.38. The van der Waals surface area contributed by atoms with Crippen LogP contribution in [0.5, 0.6) is 0 Å². The molecular weight excluding hydrogens is 359 g/mol. The number of halogens is 3. The van der Waals surface area contributed by atoms with E-state index >= 15 is 0 Å². The van der Waals surface area contributed by atoms with Crippen molar-refractivity contribution in [1.82, 2.24) is 4.90 Å². The molecule has 1 N–H and O–H groups in total. The third-order valence-corrected chi connectivity index (χ3v) is 4.76. The van der Waals surface area contributed by atoms with Crippen LogP contribution in [-0.4, -0.2) is 22.6 Å². The first-order valence-electron chi connectivity index (χ1n) is 8.77. The molecule has 7 heteroatoms. The number of rotatable bonds is 4. The van der Waals surface area contributed by atoms with E-state index in [1.54, 1.807) is 0 Å². The van der Waals surface area contributed by atoms with Crippen LogP contribution in [0.2, 0.25) is 0 Å². The SMILES string of the molecule is O=C(OCc1ccccc1)N1CCCC[C@@H]1c1cc(F)c(F)c(F)c1CO. The molecule has 0 radical (unpaired) electrons. The first kappa shape index (κ1) is 19.2. The van der Waals surface area contributed by atoms with Crippen molar-refractivity contribution in [2.45, 2.75) is 38.5 Å². The molecule has 0 spiro atoms. The fourth-order valence-electron chi connectivity index (χ4n) is 3.38. The topological polar surface area (TPSA) is 49.8 Å².